The summed E-state index contributed by atoms with van der Waals surface area (Å²) < 4.78 is 7.16. The van der Waals surface area contributed by atoms with Gasteiger partial charge < -0.3 is 14.3 Å². The molecule has 7 heteroatoms. The molecule has 0 spiro atoms. The van der Waals surface area contributed by atoms with E-state index in [1.807, 2.05) is 18.4 Å². The van der Waals surface area contributed by atoms with Gasteiger partial charge in [0.1, 0.15) is 11.9 Å². The molecule has 136 valence electrons. The van der Waals surface area contributed by atoms with Crippen molar-refractivity contribution in [1.82, 2.24) is 19.7 Å². The molecule has 1 aliphatic rings. The number of aromatic amines is 1. The standard InChI is InChI=1S/C19H23N5O2/c1-4-26-19(25)17-12(2)15(21-13(17)3)10-14(11-20)18-23-22-16-8-6-5-7-9-24(16)18/h10,21H,4-9H2,1-3H3/b14-10-. The van der Waals surface area contributed by atoms with Gasteiger partial charge in [0, 0.05) is 24.4 Å². The number of carbonyl (C=O) groups is 1. The topological polar surface area (TPSA) is 96.6 Å². The van der Waals surface area contributed by atoms with E-state index in [9.17, 15) is 10.1 Å². The predicted molar refractivity (Wildman–Crippen MR) is 97.3 cm³/mol. The minimum absolute atomic E-state index is 0.323. The van der Waals surface area contributed by atoms with Gasteiger partial charge in [-0.3, -0.25) is 0 Å². The van der Waals surface area contributed by atoms with Crippen molar-refractivity contribution in [2.24, 2.45) is 0 Å². The van der Waals surface area contributed by atoms with Crippen molar-refractivity contribution in [3.05, 3.63) is 34.2 Å². The third kappa shape index (κ3) is 3.27. The van der Waals surface area contributed by atoms with Crippen LogP contribution < -0.4 is 0 Å². The second-order valence-corrected chi connectivity index (χ2v) is 6.46. The third-order valence-corrected chi connectivity index (χ3v) is 4.72. The molecule has 7 nitrogen and oxygen atoms in total. The van der Waals surface area contributed by atoms with Gasteiger partial charge in [0.2, 0.25) is 0 Å². The van der Waals surface area contributed by atoms with Gasteiger partial charge in [-0.25, -0.2) is 4.79 Å². The van der Waals surface area contributed by atoms with E-state index < -0.39 is 0 Å². The Morgan fingerprint density at radius 1 is 1.35 bits per heavy atom. The molecule has 0 radical (unpaired) electrons. The highest BCUT2D eigenvalue weighted by Gasteiger charge is 2.21. The lowest BCUT2D eigenvalue weighted by Crippen LogP contribution is -2.06. The molecular weight excluding hydrogens is 330 g/mol. The Labute approximate surface area is 152 Å². The minimum Gasteiger partial charge on any atom is -0.462 e. The molecule has 0 aromatic carbocycles. The number of hydrogen-bond donors (Lipinski definition) is 1. The smallest absolute Gasteiger partial charge is 0.340 e. The number of ether oxygens (including phenoxy) is 1. The normalized spacial score (nSPS) is 14.5. The molecule has 2 aromatic rings. The van der Waals surface area contributed by atoms with Crippen molar-refractivity contribution in [2.75, 3.05) is 6.61 Å². The average molecular weight is 353 g/mol. The molecular formula is C19H23N5O2. The number of aromatic nitrogens is 4. The number of nitrogens with zero attached hydrogens (tertiary/aromatic N) is 4. The Bertz CT molecular complexity index is 898. The van der Waals surface area contributed by atoms with E-state index in [4.69, 9.17) is 4.74 Å². The minimum atomic E-state index is -0.353. The number of carbonyl (C=O) groups excluding carboxylic acids is 1. The highest BCUT2D eigenvalue weighted by atomic mass is 16.5. The quantitative estimate of drug-likeness (QED) is 0.672. The number of hydrogen-bond acceptors (Lipinski definition) is 5. The van der Waals surface area contributed by atoms with E-state index in [0.29, 0.717) is 29.3 Å². The molecule has 3 rings (SSSR count). The van der Waals surface area contributed by atoms with Crippen LogP contribution in [0.15, 0.2) is 0 Å². The fraction of sp³-hybridized carbons (Fsp3) is 0.474. The molecule has 0 aliphatic carbocycles. The first-order chi connectivity index (χ1) is 12.6. The van der Waals surface area contributed by atoms with Gasteiger partial charge >= 0.3 is 5.97 Å². The molecule has 0 unspecified atom stereocenters. The Kier molecular flexibility index (Phi) is 5.21. The summed E-state index contributed by atoms with van der Waals surface area (Å²) in [5, 5.41) is 18.2. The van der Waals surface area contributed by atoms with Crippen LogP contribution in [0.5, 0.6) is 0 Å². The first kappa shape index (κ1) is 17.9. The van der Waals surface area contributed by atoms with Gasteiger partial charge in [0.15, 0.2) is 5.82 Å². The molecule has 0 saturated heterocycles. The molecule has 1 aliphatic heterocycles. The maximum absolute atomic E-state index is 12.2. The number of nitriles is 1. The van der Waals surface area contributed by atoms with Crippen LogP contribution >= 0.6 is 0 Å². The van der Waals surface area contributed by atoms with Crippen molar-refractivity contribution in [3.8, 4) is 6.07 Å². The van der Waals surface area contributed by atoms with Crippen molar-refractivity contribution in [3.63, 3.8) is 0 Å². The summed E-state index contributed by atoms with van der Waals surface area (Å²) in [5.41, 5.74) is 3.17. The lowest BCUT2D eigenvalue weighted by molar-refractivity contribution is 0.0525. The van der Waals surface area contributed by atoms with Crippen LogP contribution in [-0.4, -0.2) is 32.3 Å². The van der Waals surface area contributed by atoms with E-state index in [1.165, 1.54) is 0 Å². The predicted octanol–water partition coefficient (Wildman–Crippen LogP) is 3.19. The fourth-order valence-electron chi connectivity index (χ4n) is 3.40. The number of fused-ring (bicyclic) bond motifs is 1. The largest absolute Gasteiger partial charge is 0.462 e. The van der Waals surface area contributed by atoms with Crippen LogP contribution in [-0.2, 0) is 17.7 Å². The van der Waals surface area contributed by atoms with E-state index >= 15 is 0 Å². The number of esters is 1. The molecule has 2 aromatic heterocycles. The lowest BCUT2D eigenvalue weighted by atomic mass is 10.1. The summed E-state index contributed by atoms with van der Waals surface area (Å²) in [5.74, 6) is 1.17. The Balaban J connectivity index is 2.01. The van der Waals surface area contributed by atoms with Crippen LogP contribution in [0.3, 0.4) is 0 Å². The SMILES string of the molecule is CCOC(=O)c1c(C)[nH]c(/C=C(/C#N)c2nnc3n2CCCCC3)c1C. The first-order valence-electron chi connectivity index (χ1n) is 8.97. The summed E-state index contributed by atoms with van der Waals surface area (Å²) in [4.78, 5) is 15.3. The monoisotopic (exact) mass is 353 g/mol. The number of rotatable bonds is 4. The average Bonchev–Trinajstić information content (AvgIpc) is 3.03. The fourth-order valence-corrected chi connectivity index (χ4v) is 3.40. The van der Waals surface area contributed by atoms with E-state index in [-0.39, 0.29) is 5.97 Å². The second kappa shape index (κ2) is 7.56. The Hall–Kier alpha value is -2.88. The summed E-state index contributed by atoms with van der Waals surface area (Å²) in [6.45, 7) is 6.60. The molecule has 3 heterocycles. The Morgan fingerprint density at radius 3 is 2.88 bits per heavy atom. The summed E-state index contributed by atoms with van der Waals surface area (Å²) in [6, 6.07) is 2.24. The zero-order valence-electron chi connectivity index (χ0n) is 15.4. The van der Waals surface area contributed by atoms with Crippen molar-refractivity contribution >= 4 is 17.6 Å². The number of nitrogens with one attached hydrogen (secondary N) is 1. The zero-order chi connectivity index (χ0) is 18.7. The van der Waals surface area contributed by atoms with Gasteiger partial charge in [-0.15, -0.1) is 10.2 Å². The number of H-pyrrole nitrogens is 1. The molecule has 26 heavy (non-hydrogen) atoms. The molecule has 0 bridgehead atoms. The molecule has 1 N–H and O–H groups in total. The number of allylic oxidation sites excluding steroid dienone is 1. The highest BCUT2D eigenvalue weighted by Crippen LogP contribution is 2.25. The molecule has 0 fully saturated rings. The van der Waals surface area contributed by atoms with Gasteiger partial charge in [0.05, 0.1) is 17.7 Å². The summed E-state index contributed by atoms with van der Waals surface area (Å²) in [6.07, 6.45) is 5.95. The van der Waals surface area contributed by atoms with Crippen LogP contribution in [0, 0.1) is 25.2 Å². The van der Waals surface area contributed by atoms with Crippen molar-refractivity contribution < 1.29 is 9.53 Å². The van der Waals surface area contributed by atoms with Crippen LogP contribution in [0.4, 0.5) is 0 Å². The van der Waals surface area contributed by atoms with Gasteiger partial charge in [-0.2, -0.15) is 5.26 Å². The maximum Gasteiger partial charge on any atom is 0.340 e. The maximum atomic E-state index is 12.2. The summed E-state index contributed by atoms with van der Waals surface area (Å²) >= 11 is 0. The Morgan fingerprint density at radius 2 is 2.15 bits per heavy atom. The second-order valence-electron chi connectivity index (χ2n) is 6.46. The molecule has 0 saturated carbocycles. The van der Waals surface area contributed by atoms with Gasteiger partial charge in [-0.05, 0) is 45.3 Å². The van der Waals surface area contributed by atoms with E-state index in [0.717, 1.165) is 49.3 Å². The van der Waals surface area contributed by atoms with Gasteiger partial charge in [-0.1, -0.05) is 6.42 Å². The van der Waals surface area contributed by atoms with Crippen molar-refractivity contribution in [2.45, 2.75) is 53.0 Å². The third-order valence-electron chi connectivity index (χ3n) is 4.72. The first-order valence-corrected chi connectivity index (χ1v) is 8.97. The zero-order valence-corrected chi connectivity index (χ0v) is 15.4. The lowest BCUT2D eigenvalue weighted by Gasteiger charge is -2.06. The number of aryl methyl sites for hydroxylation is 2. The van der Waals surface area contributed by atoms with E-state index in [2.05, 4.69) is 21.3 Å². The van der Waals surface area contributed by atoms with Crippen LogP contribution in [0.1, 0.15) is 65.1 Å². The highest BCUT2D eigenvalue weighted by molar-refractivity contribution is 5.95. The van der Waals surface area contributed by atoms with Crippen molar-refractivity contribution in [1.29, 1.82) is 5.26 Å². The summed E-state index contributed by atoms with van der Waals surface area (Å²) in [7, 11) is 0. The molecule has 0 atom stereocenters. The van der Waals surface area contributed by atoms with Gasteiger partial charge in [0.25, 0.3) is 0 Å². The van der Waals surface area contributed by atoms with E-state index in [1.54, 1.807) is 13.0 Å². The van der Waals surface area contributed by atoms with Crippen LogP contribution in [0.2, 0.25) is 0 Å². The molecule has 0 amide bonds. The van der Waals surface area contributed by atoms with Crippen LogP contribution in [0.25, 0.3) is 11.6 Å².